The molecule has 0 radical (unpaired) electrons. The molecule has 0 aliphatic rings. The van der Waals surface area contributed by atoms with Crippen molar-refractivity contribution in [3.05, 3.63) is 59.4 Å². The van der Waals surface area contributed by atoms with Gasteiger partial charge in [0.05, 0.1) is 5.69 Å². The average molecular weight is 300 g/mol. The van der Waals surface area contributed by atoms with Crippen LogP contribution in [0.1, 0.15) is 18.9 Å². The van der Waals surface area contributed by atoms with E-state index in [1.807, 2.05) is 36.7 Å². The Morgan fingerprint density at radius 2 is 2.14 bits per heavy atom. The molecule has 0 amide bonds. The lowest BCUT2D eigenvalue weighted by molar-refractivity contribution is 0.676. The molecule has 1 N–H and O–H groups in total. The molecule has 3 aromatic rings. The largest absolute Gasteiger partial charge is 0.313 e. The van der Waals surface area contributed by atoms with E-state index in [0.717, 1.165) is 35.9 Å². The van der Waals surface area contributed by atoms with Crippen molar-refractivity contribution in [1.29, 1.82) is 0 Å². The summed E-state index contributed by atoms with van der Waals surface area (Å²) in [7, 11) is 0. The molecule has 0 bridgehead atoms. The third kappa shape index (κ3) is 2.94. The highest BCUT2D eigenvalue weighted by Crippen LogP contribution is 2.27. The molecule has 0 saturated carbocycles. The first kappa shape index (κ1) is 14.1. The maximum Gasteiger partial charge on any atom is 0.137 e. The fraction of sp³-hybridized carbons (Fsp3) is 0.235. The SMILES string of the molecule is CCCNCc1cc(Cl)ccc1-c1cccc2nccn12. The zero-order valence-corrected chi connectivity index (χ0v) is 12.8. The maximum atomic E-state index is 6.17. The summed E-state index contributed by atoms with van der Waals surface area (Å²) in [5.41, 5.74) is 4.48. The van der Waals surface area contributed by atoms with Crippen molar-refractivity contribution in [2.75, 3.05) is 6.54 Å². The van der Waals surface area contributed by atoms with Gasteiger partial charge in [-0.25, -0.2) is 4.98 Å². The van der Waals surface area contributed by atoms with E-state index in [0.29, 0.717) is 0 Å². The molecule has 0 fully saturated rings. The maximum absolute atomic E-state index is 6.17. The molecule has 21 heavy (non-hydrogen) atoms. The van der Waals surface area contributed by atoms with Gasteiger partial charge in [0.1, 0.15) is 5.65 Å². The summed E-state index contributed by atoms with van der Waals surface area (Å²) in [6.07, 6.45) is 4.93. The Morgan fingerprint density at radius 3 is 3.00 bits per heavy atom. The van der Waals surface area contributed by atoms with Gasteiger partial charge in [0.2, 0.25) is 0 Å². The smallest absolute Gasteiger partial charge is 0.137 e. The Balaban J connectivity index is 2.06. The molecule has 2 heterocycles. The molecule has 3 nitrogen and oxygen atoms in total. The lowest BCUT2D eigenvalue weighted by atomic mass is 10.0. The van der Waals surface area contributed by atoms with Crippen LogP contribution in [0.15, 0.2) is 48.8 Å². The first-order valence-corrected chi connectivity index (χ1v) is 7.59. The number of hydrogen-bond acceptors (Lipinski definition) is 2. The summed E-state index contributed by atoms with van der Waals surface area (Å²) in [6, 6.07) is 12.2. The monoisotopic (exact) mass is 299 g/mol. The second kappa shape index (κ2) is 6.29. The van der Waals surface area contributed by atoms with Crippen molar-refractivity contribution in [1.82, 2.24) is 14.7 Å². The average Bonchev–Trinajstić information content (AvgIpc) is 2.96. The molecule has 0 spiro atoms. The van der Waals surface area contributed by atoms with E-state index in [9.17, 15) is 0 Å². The molecule has 108 valence electrons. The molecular formula is C17H18ClN3. The number of rotatable bonds is 5. The van der Waals surface area contributed by atoms with Crippen LogP contribution >= 0.6 is 11.6 Å². The summed E-state index contributed by atoms with van der Waals surface area (Å²) in [4.78, 5) is 4.35. The first-order chi connectivity index (χ1) is 10.3. The molecule has 0 saturated heterocycles. The van der Waals surface area contributed by atoms with Gasteiger partial charge >= 0.3 is 0 Å². The van der Waals surface area contributed by atoms with Crippen molar-refractivity contribution in [2.45, 2.75) is 19.9 Å². The van der Waals surface area contributed by atoms with Crippen molar-refractivity contribution < 1.29 is 0 Å². The second-order valence-corrected chi connectivity index (χ2v) is 5.48. The highest BCUT2D eigenvalue weighted by atomic mass is 35.5. The van der Waals surface area contributed by atoms with Crippen LogP contribution < -0.4 is 5.32 Å². The third-order valence-electron chi connectivity index (χ3n) is 3.51. The van der Waals surface area contributed by atoms with Crippen LogP contribution in [0.25, 0.3) is 16.9 Å². The van der Waals surface area contributed by atoms with Crippen molar-refractivity contribution in [3.8, 4) is 11.3 Å². The Bertz CT molecular complexity index is 749. The van der Waals surface area contributed by atoms with E-state index < -0.39 is 0 Å². The van der Waals surface area contributed by atoms with Gasteiger partial charge in [-0.15, -0.1) is 0 Å². The number of halogens is 1. The number of pyridine rings is 1. The van der Waals surface area contributed by atoms with E-state index in [1.165, 1.54) is 11.1 Å². The summed E-state index contributed by atoms with van der Waals surface area (Å²) in [6.45, 7) is 3.98. The van der Waals surface area contributed by atoms with Crippen LogP contribution in [0.4, 0.5) is 0 Å². The molecule has 1 aromatic carbocycles. The van der Waals surface area contributed by atoms with E-state index in [1.54, 1.807) is 0 Å². The van der Waals surface area contributed by atoms with Gasteiger partial charge in [0.25, 0.3) is 0 Å². The minimum Gasteiger partial charge on any atom is -0.313 e. The van der Waals surface area contributed by atoms with Crippen LogP contribution in [0.2, 0.25) is 5.02 Å². The molecule has 4 heteroatoms. The fourth-order valence-corrected chi connectivity index (χ4v) is 2.72. The molecule has 0 aliphatic heterocycles. The number of imidazole rings is 1. The first-order valence-electron chi connectivity index (χ1n) is 7.21. The van der Waals surface area contributed by atoms with Gasteiger partial charge in [0.15, 0.2) is 0 Å². The van der Waals surface area contributed by atoms with E-state index in [2.05, 4.69) is 33.8 Å². The van der Waals surface area contributed by atoms with E-state index in [-0.39, 0.29) is 0 Å². The number of nitrogens with one attached hydrogen (secondary N) is 1. The predicted molar refractivity (Wildman–Crippen MR) is 87.6 cm³/mol. The summed E-state index contributed by atoms with van der Waals surface area (Å²) in [5.74, 6) is 0. The van der Waals surface area contributed by atoms with Gasteiger partial charge < -0.3 is 5.32 Å². The molecule has 0 aliphatic carbocycles. The van der Waals surface area contributed by atoms with Crippen molar-refractivity contribution >= 4 is 17.2 Å². The van der Waals surface area contributed by atoms with Gasteiger partial charge in [-0.2, -0.15) is 0 Å². The topological polar surface area (TPSA) is 29.3 Å². The Labute approximate surface area is 129 Å². The minimum absolute atomic E-state index is 0.768. The van der Waals surface area contributed by atoms with Crippen LogP contribution in [0.5, 0.6) is 0 Å². The summed E-state index contributed by atoms with van der Waals surface area (Å²) >= 11 is 6.17. The zero-order chi connectivity index (χ0) is 14.7. The number of nitrogens with zero attached hydrogens (tertiary/aromatic N) is 2. The second-order valence-electron chi connectivity index (χ2n) is 5.04. The van der Waals surface area contributed by atoms with Crippen LogP contribution in [-0.4, -0.2) is 15.9 Å². The molecule has 0 atom stereocenters. The van der Waals surface area contributed by atoms with Crippen LogP contribution in [0, 0.1) is 0 Å². The normalized spacial score (nSPS) is 11.1. The molecule has 3 rings (SSSR count). The Morgan fingerprint density at radius 1 is 1.24 bits per heavy atom. The number of hydrogen-bond donors (Lipinski definition) is 1. The van der Waals surface area contributed by atoms with Gasteiger partial charge in [-0.1, -0.05) is 30.7 Å². The summed E-state index contributed by atoms with van der Waals surface area (Å²) in [5, 5.41) is 4.22. The van der Waals surface area contributed by atoms with Crippen LogP contribution in [-0.2, 0) is 6.54 Å². The van der Waals surface area contributed by atoms with Gasteiger partial charge in [-0.05, 0) is 42.8 Å². The Kier molecular flexibility index (Phi) is 4.23. The van der Waals surface area contributed by atoms with E-state index in [4.69, 9.17) is 11.6 Å². The van der Waals surface area contributed by atoms with Crippen LogP contribution in [0.3, 0.4) is 0 Å². The highest BCUT2D eigenvalue weighted by Gasteiger charge is 2.09. The standard InChI is InChI=1S/C17H18ClN3/c1-2-8-19-12-13-11-14(18)6-7-15(13)16-4-3-5-17-20-9-10-21(16)17/h3-7,9-11,19H,2,8,12H2,1H3. The molecule has 2 aromatic heterocycles. The van der Waals surface area contributed by atoms with Crippen molar-refractivity contribution in [2.24, 2.45) is 0 Å². The zero-order valence-electron chi connectivity index (χ0n) is 12.0. The van der Waals surface area contributed by atoms with E-state index >= 15 is 0 Å². The van der Waals surface area contributed by atoms with Gasteiger partial charge in [0, 0.05) is 29.5 Å². The Hall–Kier alpha value is -1.84. The van der Waals surface area contributed by atoms with Crippen molar-refractivity contribution in [3.63, 3.8) is 0 Å². The fourth-order valence-electron chi connectivity index (χ4n) is 2.53. The quantitative estimate of drug-likeness (QED) is 0.717. The molecular weight excluding hydrogens is 282 g/mol. The number of fused-ring (bicyclic) bond motifs is 1. The number of benzene rings is 1. The lowest BCUT2D eigenvalue weighted by Gasteiger charge is -2.13. The third-order valence-corrected chi connectivity index (χ3v) is 3.75. The highest BCUT2D eigenvalue weighted by molar-refractivity contribution is 6.30. The number of aromatic nitrogens is 2. The summed E-state index contributed by atoms with van der Waals surface area (Å²) < 4.78 is 2.10. The lowest BCUT2D eigenvalue weighted by Crippen LogP contribution is -2.14. The van der Waals surface area contributed by atoms with Gasteiger partial charge in [-0.3, -0.25) is 4.40 Å². The molecule has 0 unspecified atom stereocenters. The predicted octanol–water partition coefficient (Wildman–Crippen LogP) is 4.15. The minimum atomic E-state index is 0.768.